The molecule has 0 radical (unpaired) electrons. The predicted molar refractivity (Wildman–Crippen MR) is 115 cm³/mol. The van der Waals surface area contributed by atoms with Gasteiger partial charge in [-0.25, -0.2) is 8.42 Å². The van der Waals surface area contributed by atoms with Gasteiger partial charge in [-0.15, -0.1) is 0 Å². The van der Waals surface area contributed by atoms with Gasteiger partial charge in [0, 0.05) is 12.8 Å². The molecule has 0 spiro atoms. The third-order valence-corrected chi connectivity index (χ3v) is 6.61. The van der Waals surface area contributed by atoms with Crippen LogP contribution in [0.15, 0.2) is 58.3 Å². The number of carbonyl (C=O) groups is 2. The Hall–Kier alpha value is -2.71. The van der Waals surface area contributed by atoms with Crippen LogP contribution in [0.2, 0.25) is 0 Å². The second-order valence-corrected chi connectivity index (χ2v) is 10.9. The Morgan fingerprint density at radius 1 is 1.10 bits per heavy atom. The van der Waals surface area contributed by atoms with Gasteiger partial charge >= 0.3 is 5.97 Å². The quantitative estimate of drug-likeness (QED) is 0.703. The molecule has 1 aliphatic heterocycles. The molecule has 0 bridgehead atoms. The summed E-state index contributed by atoms with van der Waals surface area (Å²) in [6.45, 7) is 6.76. The lowest BCUT2D eigenvalue weighted by molar-refractivity contribution is -0.162. The van der Waals surface area contributed by atoms with Crippen molar-refractivity contribution in [2.45, 2.75) is 67.6 Å². The van der Waals surface area contributed by atoms with E-state index in [9.17, 15) is 18.0 Å². The number of rotatable bonds is 5. The molecule has 0 saturated carbocycles. The van der Waals surface area contributed by atoms with Crippen LogP contribution >= 0.6 is 0 Å². The van der Waals surface area contributed by atoms with Gasteiger partial charge < -0.3 is 15.2 Å². The number of esters is 1. The maximum atomic E-state index is 12.9. The molecule has 0 aromatic heterocycles. The highest BCUT2D eigenvalue weighted by molar-refractivity contribution is 7.91. The van der Waals surface area contributed by atoms with Crippen LogP contribution in [0, 0.1) is 0 Å². The molecule has 166 valence electrons. The molecular formula is C23H27NO6S. The lowest BCUT2D eigenvalue weighted by atomic mass is 9.90. The van der Waals surface area contributed by atoms with Crippen molar-refractivity contribution in [2.24, 2.45) is 5.73 Å². The zero-order valence-electron chi connectivity index (χ0n) is 18.0. The highest BCUT2D eigenvalue weighted by Gasteiger charge is 2.39. The Kier molecular flexibility index (Phi) is 5.99. The van der Waals surface area contributed by atoms with Gasteiger partial charge in [-0.2, -0.15) is 0 Å². The Bertz CT molecular complexity index is 1100. The molecule has 31 heavy (non-hydrogen) atoms. The predicted octanol–water partition coefficient (Wildman–Crippen LogP) is 3.30. The lowest BCUT2D eigenvalue weighted by Crippen LogP contribution is -2.51. The van der Waals surface area contributed by atoms with Crippen LogP contribution in [-0.2, 0) is 19.4 Å². The van der Waals surface area contributed by atoms with Crippen LogP contribution < -0.4 is 10.5 Å². The van der Waals surface area contributed by atoms with Crippen molar-refractivity contribution in [2.75, 3.05) is 0 Å². The number of ketones is 1. The summed E-state index contributed by atoms with van der Waals surface area (Å²) in [7, 11) is -3.77. The van der Waals surface area contributed by atoms with E-state index in [0.717, 1.165) is 0 Å². The topological polar surface area (TPSA) is 113 Å². The minimum atomic E-state index is -3.77. The number of fused-ring (bicyclic) bond motifs is 1. The average molecular weight is 446 g/mol. The number of Topliss-reactive ketones (excluding diaryl/α,β-unsaturated/α-hetero) is 1. The summed E-state index contributed by atoms with van der Waals surface area (Å²) in [6, 6.07) is 12.2. The van der Waals surface area contributed by atoms with E-state index in [1.165, 1.54) is 37.3 Å². The summed E-state index contributed by atoms with van der Waals surface area (Å²) in [6.07, 6.45) is -0.604. The molecule has 7 nitrogen and oxygen atoms in total. The SMILES string of the molecule is CC(C)(C)OC(=O)C(C)(N)CC1CC(=O)c2ccc(S(=O)(=O)c3ccccc3)cc2O1. The van der Waals surface area contributed by atoms with Crippen LogP contribution in [0.3, 0.4) is 0 Å². The smallest absolute Gasteiger partial charge is 0.326 e. The summed E-state index contributed by atoms with van der Waals surface area (Å²) in [4.78, 5) is 25.2. The number of carbonyl (C=O) groups excluding carboxylic acids is 2. The summed E-state index contributed by atoms with van der Waals surface area (Å²) < 4.78 is 37.1. The number of sulfone groups is 1. The van der Waals surface area contributed by atoms with E-state index >= 15 is 0 Å². The van der Waals surface area contributed by atoms with Crippen LogP contribution in [0.4, 0.5) is 0 Å². The van der Waals surface area contributed by atoms with Gasteiger partial charge in [0.25, 0.3) is 0 Å². The van der Waals surface area contributed by atoms with E-state index in [4.69, 9.17) is 15.2 Å². The Balaban J connectivity index is 1.85. The zero-order valence-corrected chi connectivity index (χ0v) is 18.9. The van der Waals surface area contributed by atoms with E-state index in [-0.39, 0.29) is 34.2 Å². The van der Waals surface area contributed by atoms with E-state index < -0.39 is 33.1 Å². The van der Waals surface area contributed by atoms with E-state index in [1.54, 1.807) is 39.0 Å². The highest BCUT2D eigenvalue weighted by atomic mass is 32.2. The minimum absolute atomic E-state index is 0.0218. The molecule has 2 N–H and O–H groups in total. The first-order valence-electron chi connectivity index (χ1n) is 9.96. The van der Waals surface area contributed by atoms with Crippen molar-refractivity contribution in [3.05, 3.63) is 54.1 Å². The molecule has 0 amide bonds. The second kappa shape index (κ2) is 8.09. The number of hydrogen-bond donors (Lipinski definition) is 1. The summed E-state index contributed by atoms with van der Waals surface area (Å²) in [5.74, 6) is -0.629. The van der Waals surface area contributed by atoms with Crippen molar-refractivity contribution in [3.8, 4) is 5.75 Å². The van der Waals surface area contributed by atoms with Crippen molar-refractivity contribution in [1.29, 1.82) is 0 Å². The Labute approximate surface area is 182 Å². The van der Waals surface area contributed by atoms with Gasteiger partial charge in [-0.1, -0.05) is 18.2 Å². The van der Waals surface area contributed by atoms with E-state index in [1.807, 2.05) is 0 Å². The monoisotopic (exact) mass is 445 g/mol. The summed E-state index contributed by atoms with van der Waals surface area (Å²) >= 11 is 0. The van der Waals surface area contributed by atoms with E-state index in [0.29, 0.717) is 5.56 Å². The summed E-state index contributed by atoms with van der Waals surface area (Å²) in [5.41, 5.74) is 4.41. The summed E-state index contributed by atoms with van der Waals surface area (Å²) in [5, 5.41) is 0. The Morgan fingerprint density at radius 2 is 1.74 bits per heavy atom. The molecule has 2 unspecified atom stereocenters. The van der Waals surface area contributed by atoms with Crippen molar-refractivity contribution in [1.82, 2.24) is 0 Å². The Morgan fingerprint density at radius 3 is 2.35 bits per heavy atom. The molecular weight excluding hydrogens is 418 g/mol. The van der Waals surface area contributed by atoms with Gasteiger partial charge in [0.1, 0.15) is 23.0 Å². The molecule has 2 atom stereocenters. The maximum Gasteiger partial charge on any atom is 0.326 e. The van der Waals surface area contributed by atoms with Crippen LogP contribution in [-0.4, -0.2) is 37.4 Å². The van der Waals surface area contributed by atoms with Crippen LogP contribution in [0.1, 0.15) is 50.9 Å². The number of ether oxygens (including phenoxy) is 2. The van der Waals surface area contributed by atoms with Gasteiger partial charge in [-0.3, -0.25) is 9.59 Å². The third-order valence-electron chi connectivity index (χ3n) is 4.84. The lowest BCUT2D eigenvalue weighted by Gasteiger charge is -2.33. The molecule has 3 rings (SSSR count). The first-order chi connectivity index (χ1) is 14.3. The van der Waals surface area contributed by atoms with Crippen molar-refractivity contribution in [3.63, 3.8) is 0 Å². The molecule has 2 aromatic rings. The second-order valence-electron chi connectivity index (χ2n) is 8.97. The molecule has 2 aromatic carbocycles. The van der Waals surface area contributed by atoms with Crippen LogP contribution in [0.25, 0.3) is 0 Å². The highest BCUT2D eigenvalue weighted by Crippen LogP contribution is 2.34. The fourth-order valence-electron chi connectivity index (χ4n) is 3.34. The third kappa shape index (κ3) is 5.14. The maximum absolute atomic E-state index is 12.9. The fourth-order valence-corrected chi connectivity index (χ4v) is 4.63. The number of benzene rings is 2. The molecule has 0 aliphatic carbocycles. The van der Waals surface area contributed by atoms with Gasteiger partial charge in [0.05, 0.1) is 15.4 Å². The molecule has 0 fully saturated rings. The van der Waals surface area contributed by atoms with Crippen molar-refractivity contribution >= 4 is 21.6 Å². The number of nitrogens with two attached hydrogens (primary N) is 1. The first kappa shape index (κ1) is 23.0. The minimum Gasteiger partial charge on any atom is -0.489 e. The van der Waals surface area contributed by atoms with Gasteiger partial charge in [-0.05, 0) is 58.0 Å². The molecule has 1 aliphatic rings. The average Bonchev–Trinajstić information content (AvgIpc) is 2.66. The van der Waals surface area contributed by atoms with Gasteiger partial charge in [0.15, 0.2) is 5.78 Å². The fraction of sp³-hybridized carbons (Fsp3) is 0.391. The molecule has 1 heterocycles. The standard InChI is InChI=1S/C23H27NO6S/c1-22(2,3)30-21(26)23(4,24)14-15-12-19(25)18-11-10-17(13-20(18)29-15)31(27,28)16-8-6-5-7-9-16/h5-11,13,15H,12,14,24H2,1-4H3. The van der Waals surface area contributed by atoms with E-state index in [2.05, 4.69) is 0 Å². The normalized spacial score (nSPS) is 18.5. The molecule has 0 saturated heterocycles. The van der Waals surface area contributed by atoms with Crippen LogP contribution in [0.5, 0.6) is 5.75 Å². The number of hydrogen-bond acceptors (Lipinski definition) is 7. The first-order valence-corrected chi connectivity index (χ1v) is 11.4. The molecule has 8 heteroatoms. The largest absolute Gasteiger partial charge is 0.489 e. The zero-order chi connectivity index (χ0) is 23.0. The van der Waals surface area contributed by atoms with Crippen molar-refractivity contribution < 1.29 is 27.5 Å². The van der Waals surface area contributed by atoms with Gasteiger partial charge in [0.2, 0.25) is 9.84 Å².